The van der Waals surface area contributed by atoms with E-state index in [0.717, 1.165) is 15.7 Å². The molecule has 20 heavy (non-hydrogen) atoms. The normalized spacial score (nSPS) is 10.3. The van der Waals surface area contributed by atoms with Crippen molar-refractivity contribution < 1.29 is 4.79 Å². The van der Waals surface area contributed by atoms with Gasteiger partial charge in [-0.3, -0.25) is 4.79 Å². The second kappa shape index (κ2) is 7.22. The van der Waals surface area contributed by atoms with Gasteiger partial charge >= 0.3 is 0 Å². The monoisotopic (exact) mass is 332 g/mol. The van der Waals surface area contributed by atoms with Crippen molar-refractivity contribution >= 4 is 27.5 Å². The van der Waals surface area contributed by atoms with Crippen LogP contribution in [0.25, 0.3) is 0 Å². The van der Waals surface area contributed by atoms with Crippen LogP contribution in [0.2, 0.25) is 0 Å². The first kappa shape index (κ1) is 14.8. The highest BCUT2D eigenvalue weighted by atomic mass is 79.9. The molecular formula is C16H17BrN2O. The summed E-state index contributed by atoms with van der Waals surface area (Å²) in [6.45, 7) is 2.95. The second-order valence-electron chi connectivity index (χ2n) is 4.60. The van der Waals surface area contributed by atoms with Gasteiger partial charge in [0.1, 0.15) is 0 Å². The van der Waals surface area contributed by atoms with Crippen LogP contribution in [0, 0.1) is 6.92 Å². The summed E-state index contributed by atoms with van der Waals surface area (Å²) in [7, 11) is 0. The highest BCUT2D eigenvalue weighted by Crippen LogP contribution is 2.19. The van der Waals surface area contributed by atoms with Gasteiger partial charge in [0.15, 0.2) is 0 Å². The standard InChI is InChI=1S/C16H17BrN2O/c1-12-9-14(17)7-8-15(12)19-16(20)11-18-10-13-5-3-2-4-6-13/h2-9,18H,10-11H2,1H3,(H,19,20). The lowest BCUT2D eigenvalue weighted by Gasteiger charge is -2.09. The maximum atomic E-state index is 11.9. The maximum Gasteiger partial charge on any atom is 0.238 e. The van der Waals surface area contributed by atoms with Gasteiger partial charge in [0.25, 0.3) is 0 Å². The zero-order chi connectivity index (χ0) is 14.4. The van der Waals surface area contributed by atoms with E-state index in [0.29, 0.717) is 13.1 Å². The lowest BCUT2D eigenvalue weighted by molar-refractivity contribution is -0.115. The van der Waals surface area contributed by atoms with E-state index in [1.54, 1.807) is 0 Å². The Morgan fingerprint density at radius 1 is 1.15 bits per heavy atom. The number of carbonyl (C=O) groups excluding carboxylic acids is 1. The van der Waals surface area contributed by atoms with Crippen LogP contribution in [0.4, 0.5) is 5.69 Å². The van der Waals surface area contributed by atoms with Crippen LogP contribution in [0.5, 0.6) is 0 Å². The Morgan fingerprint density at radius 2 is 1.90 bits per heavy atom. The van der Waals surface area contributed by atoms with Gasteiger partial charge in [0.05, 0.1) is 6.54 Å². The number of halogens is 1. The van der Waals surface area contributed by atoms with E-state index in [1.807, 2.05) is 55.5 Å². The number of rotatable bonds is 5. The molecule has 2 aromatic carbocycles. The molecule has 0 aliphatic heterocycles. The molecule has 104 valence electrons. The summed E-state index contributed by atoms with van der Waals surface area (Å²) >= 11 is 3.41. The highest BCUT2D eigenvalue weighted by molar-refractivity contribution is 9.10. The van der Waals surface area contributed by atoms with E-state index in [1.165, 1.54) is 5.56 Å². The van der Waals surface area contributed by atoms with Crippen LogP contribution in [-0.4, -0.2) is 12.5 Å². The largest absolute Gasteiger partial charge is 0.325 e. The van der Waals surface area contributed by atoms with Gasteiger partial charge in [-0.1, -0.05) is 46.3 Å². The minimum atomic E-state index is -0.0358. The fraction of sp³-hybridized carbons (Fsp3) is 0.188. The predicted octanol–water partition coefficient (Wildman–Crippen LogP) is 3.49. The third kappa shape index (κ3) is 4.47. The van der Waals surface area contributed by atoms with Crippen molar-refractivity contribution in [2.45, 2.75) is 13.5 Å². The number of hydrogen-bond donors (Lipinski definition) is 2. The van der Waals surface area contributed by atoms with Crippen LogP contribution in [0.1, 0.15) is 11.1 Å². The van der Waals surface area contributed by atoms with E-state index in [4.69, 9.17) is 0 Å². The molecule has 0 unspecified atom stereocenters. The van der Waals surface area contributed by atoms with Gasteiger partial charge in [-0.15, -0.1) is 0 Å². The molecule has 2 rings (SSSR count). The van der Waals surface area contributed by atoms with Crippen LogP contribution in [0.3, 0.4) is 0 Å². The number of amides is 1. The molecule has 0 bridgehead atoms. The topological polar surface area (TPSA) is 41.1 Å². The third-order valence-corrected chi connectivity index (χ3v) is 3.41. The summed E-state index contributed by atoms with van der Waals surface area (Å²) in [4.78, 5) is 11.9. The van der Waals surface area contributed by atoms with Crippen molar-refractivity contribution in [2.75, 3.05) is 11.9 Å². The van der Waals surface area contributed by atoms with Crippen LogP contribution in [-0.2, 0) is 11.3 Å². The van der Waals surface area contributed by atoms with E-state index >= 15 is 0 Å². The first-order chi connectivity index (χ1) is 9.65. The zero-order valence-electron chi connectivity index (χ0n) is 11.3. The molecule has 1 amide bonds. The summed E-state index contributed by atoms with van der Waals surface area (Å²) in [6.07, 6.45) is 0. The Kier molecular flexibility index (Phi) is 5.32. The Hall–Kier alpha value is -1.65. The predicted molar refractivity (Wildman–Crippen MR) is 85.7 cm³/mol. The first-order valence-electron chi connectivity index (χ1n) is 6.46. The molecule has 0 aromatic heterocycles. The molecule has 0 atom stereocenters. The highest BCUT2D eigenvalue weighted by Gasteiger charge is 2.04. The number of aryl methyl sites for hydroxylation is 1. The third-order valence-electron chi connectivity index (χ3n) is 2.92. The molecule has 0 heterocycles. The minimum Gasteiger partial charge on any atom is -0.325 e. The fourth-order valence-corrected chi connectivity index (χ4v) is 2.35. The van der Waals surface area contributed by atoms with Crippen molar-refractivity contribution in [3.05, 3.63) is 64.1 Å². The summed E-state index contributed by atoms with van der Waals surface area (Å²) < 4.78 is 1.01. The summed E-state index contributed by atoms with van der Waals surface area (Å²) in [5.74, 6) is -0.0358. The van der Waals surface area contributed by atoms with Crippen molar-refractivity contribution in [1.29, 1.82) is 0 Å². The maximum absolute atomic E-state index is 11.9. The van der Waals surface area contributed by atoms with Gasteiger partial charge < -0.3 is 10.6 Å². The molecule has 3 nitrogen and oxygen atoms in total. The number of hydrogen-bond acceptors (Lipinski definition) is 2. The van der Waals surface area contributed by atoms with Crippen LogP contribution >= 0.6 is 15.9 Å². The molecule has 0 aliphatic carbocycles. The van der Waals surface area contributed by atoms with Gasteiger partial charge in [0.2, 0.25) is 5.91 Å². The molecule has 0 spiro atoms. The Bertz CT molecular complexity index is 584. The van der Waals surface area contributed by atoms with Crippen LogP contribution in [0.15, 0.2) is 53.0 Å². The molecule has 0 saturated carbocycles. The first-order valence-corrected chi connectivity index (χ1v) is 7.25. The molecule has 0 fully saturated rings. The second-order valence-corrected chi connectivity index (χ2v) is 5.51. The number of carbonyl (C=O) groups is 1. The van der Waals surface area contributed by atoms with Gasteiger partial charge in [0, 0.05) is 16.7 Å². The van der Waals surface area contributed by atoms with Crippen molar-refractivity contribution in [3.63, 3.8) is 0 Å². The van der Waals surface area contributed by atoms with Gasteiger partial charge in [-0.2, -0.15) is 0 Å². The van der Waals surface area contributed by atoms with E-state index in [9.17, 15) is 4.79 Å². The summed E-state index contributed by atoms with van der Waals surface area (Å²) in [5, 5.41) is 6.03. The van der Waals surface area contributed by atoms with Crippen molar-refractivity contribution in [2.24, 2.45) is 0 Å². The number of benzene rings is 2. The van der Waals surface area contributed by atoms with Gasteiger partial charge in [-0.05, 0) is 36.2 Å². The van der Waals surface area contributed by atoms with Crippen LogP contribution < -0.4 is 10.6 Å². The average molecular weight is 333 g/mol. The Labute approximate surface area is 127 Å². The smallest absolute Gasteiger partial charge is 0.238 e. The average Bonchev–Trinajstić information content (AvgIpc) is 2.43. The number of nitrogens with one attached hydrogen (secondary N) is 2. The SMILES string of the molecule is Cc1cc(Br)ccc1NC(=O)CNCc1ccccc1. The lowest BCUT2D eigenvalue weighted by Crippen LogP contribution is -2.27. The molecule has 0 radical (unpaired) electrons. The Morgan fingerprint density at radius 3 is 2.60 bits per heavy atom. The van der Waals surface area contributed by atoms with E-state index in [2.05, 4.69) is 26.6 Å². The molecule has 2 N–H and O–H groups in total. The Balaban J connectivity index is 1.81. The van der Waals surface area contributed by atoms with Crippen molar-refractivity contribution in [1.82, 2.24) is 5.32 Å². The van der Waals surface area contributed by atoms with Gasteiger partial charge in [-0.25, -0.2) is 0 Å². The van der Waals surface area contributed by atoms with Crippen molar-refractivity contribution in [3.8, 4) is 0 Å². The summed E-state index contributed by atoms with van der Waals surface area (Å²) in [5.41, 5.74) is 3.05. The summed E-state index contributed by atoms with van der Waals surface area (Å²) in [6, 6.07) is 15.8. The van der Waals surface area contributed by atoms with E-state index in [-0.39, 0.29) is 5.91 Å². The quantitative estimate of drug-likeness (QED) is 0.879. The molecule has 0 saturated heterocycles. The zero-order valence-corrected chi connectivity index (χ0v) is 12.9. The lowest BCUT2D eigenvalue weighted by atomic mass is 10.2. The number of anilines is 1. The van der Waals surface area contributed by atoms with E-state index < -0.39 is 0 Å². The molecule has 4 heteroatoms. The molecule has 2 aromatic rings. The molecular weight excluding hydrogens is 316 g/mol. The minimum absolute atomic E-state index is 0.0358. The fourth-order valence-electron chi connectivity index (χ4n) is 1.88. The molecule has 0 aliphatic rings.